The van der Waals surface area contributed by atoms with Crippen LogP contribution in [0.5, 0.6) is 0 Å². The van der Waals surface area contributed by atoms with Gasteiger partial charge in [0.15, 0.2) is 0 Å². The number of likely N-dealkylation sites (tertiary alicyclic amines) is 1. The Balaban J connectivity index is 1.76. The lowest BCUT2D eigenvalue weighted by Crippen LogP contribution is -2.47. The van der Waals surface area contributed by atoms with Gasteiger partial charge in [-0.1, -0.05) is 12.1 Å². The smallest absolute Gasteiger partial charge is 0.410 e. The van der Waals surface area contributed by atoms with Crippen LogP contribution >= 0.6 is 0 Å². The second-order valence-electron chi connectivity index (χ2n) is 9.80. The van der Waals surface area contributed by atoms with Gasteiger partial charge in [-0.3, -0.25) is 4.90 Å². The highest BCUT2D eigenvalue weighted by Gasteiger charge is 2.43. The molecular weight excluding hydrogens is 385 g/mol. The van der Waals surface area contributed by atoms with Gasteiger partial charge in [0.05, 0.1) is 18.2 Å². The van der Waals surface area contributed by atoms with Crippen LogP contribution in [0.25, 0.3) is 0 Å². The summed E-state index contributed by atoms with van der Waals surface area (Å²) < 4.78 is 24.9. The fourth-order valence-corrected chi connectivity index (χ4v) is 4.95. The molecule has 168 valence electrons. The molecule has 1 aliphatic carbocycles. The third-order valence-corrected chi connectivity index (χ3v) is 6.44. The van der Waals surface area contributed by atoms with Gasteiger partial charge in [-0.2, -0.15) is 0 Å². The van der Waals surface area contributed by atoms with Crippen LogP contribution in [-0.2, 0) is 9.47 Å². The summed E-state index contributed by atoms with van der Waals surface area (Å²) in [5, 5.41) is 11.0. The molecule has 6 heteroatoms. The topological polar surface area (TPSA) is 59.0 Å². The number of hydrogen-bond donors (Lipinski definition) is 1. The quantitative estimate of drug-likeness (QED) is 0.708. The number of nitrogens with zero attached hydrogens (tertiary/aromatic N) is 1. The van der Waals surface area contributed by atoms with Gasteiger partial charge < -0.3 is 14.6 Å². The molecule has 1 saturated heterocycles. The molecule has 1 aromatic carbocycles. The fourth-order valence-electron chi connectivity index (χ4n) is 4.95. The summed E-state index contributed by atoms with van der Waals surface area (Å²) in [6.45, 7) is 5.54. The molecule has 0 radical (unpaired) electrons. The van der Waals surface area contributed by atoms with E-state index >= 15 is 0 Å². The molecule has 0 spiro atoms. The number of benzene rings is 1. The molecule has 30 heavy (non-hydrogen) atoms. The number of halogens is 1. The molecule has 2 aliphatic rings. The van der Waals surface area contributed by atoms with Crippen molar-refractivity contribution in [3.63, 3.8) is 0 Å². The van der Waals surface area contributed by atoms with Crippen molar-refractivity contribution in [2.45, 2.75) is 95.6 Å². The molecule has 0 unspecified atom stereocenters. The van der Waals surface area contributed by atoms with Crippen molar-refractivity contribution < 1.29 is 23.8 Å². The van der Waals surface area contributed by atoms with Gasteiger partial charge >= 0.3 is 6.09 Å². The summed E-state index contributed by atoms with van der Waals surface area (Å²) in [5.74, 6) is 0.149. The maximum absolute atomic E-state index is 13.7. The SMILES string of the molecule is COC1CCC(C[C@@H]2CC[C@H]([C@H](O)c3cccc(F)c3)N2C(=O)OC(C)(C)C)CC1. The number of aliphatic hydroxyl groups excluding tert-OH is 1. The molecule has 0 aromatic heterocycles. The van der Waals surface area contributed by atoms with Gasteiger partial charge in [0.1, 0.15) is 11.4 Å². The van der Waals surface area contributed by atoms with Crippen LogP contribution in [0.4, 0.5) is 9.18 Å². The third kappa shape index (κ3) is 5.73. The lowest BCUT2D eigenvalue weighted by Gasteiger charge is -2.37. The van der Waals surface area contributed by atoms with Crippen molar-refractivity contribution >= 4 is 6.09 Å². The van der Waals surface area contributed by atoms with E-state index in [0.29, 0.717) is 24.0 Å². The van der Waals surface area contributed by atoms with E-state index in [9.17, 15) is 14.3 Å². The van der Waals surface area contributed by atoms with Gasteiger partial charge in [-0.05, 0) is 89.3 Å². The average Bonchev–Trinajstić information content (AvgIpc) is 3.10. The number of aliphatic hydroxyl groups is 1. The molecule has 3 atom stereocenters. The van der Waals surface area contributed by atoms with Crippen LogP contribution in [0.3, 0.4) is 0 Å². The molecule has 2 fully saturated rings. The van der Waals surface area contributed by atoms with Crippen molar-refractivity contribution in [1.82, 2.24) is 4.90 Å². The molecule has 1 saturated carbocycles. The minimum Gasteiger partial charge on any atom is -0.444 e. The van der Waals surface area contributed by atoms with Crippen molar-refractivity contribution in [2.24, 2.45) is 5.92 Å². The van der Waals surface area contributed by atoms with E-state index in [1.165, 1.54) is 12.1 Å². The van der Waals surface area contributed by atoms with E-state index in [2.05, 4.69) is 0 Å². The summed E-state index contributed by atoms with van der Waals surface area (Å²) in [5.41, 5.74) is -0.121. The first-order valence-electron chi connectivity index (χ1n) is 11.2. The van der Waals surface area contributed by atoms with Crippen LogP contribution in [-0.4, -0.2) is 47.0 Å². The maximum Gasteiger partial charge on any atom is 0.410 e. The van der Waals surface area contributed by atoms with E-state index in [0.717, 1.165) is 38.5 Å². The summed E-state index contributed by atoms with van der Waals surface area (Å²) in [6, 6.07) is 5.61. The molecule has 1 aromatic rings. The monoisotopic (exact) mass is 421 g/mol. The van der Waals surface area contributed by atoms with Gasteiger partial charge in [0, 0.05) is 13.2 Å². The van der Waals surface area contributed by atoms with Crippen LogP contribution < -0.4 is 0 Å². The molecule has 1 aliphatic heterocycles. The Morgan fingerprint density at radius 3 is 2.50 bits per heavy atom. The summed E-state index contributed by atoms with van der Waals surface area (Å²) in [7, 11) is 1.77. The number of hydrogen-bond acceptors (Lipinski definition) is 4. The van der Waals surface area contributed by atoms with E-state index in [1.54, 1.807) is 24.1 Å². The van der Waals surface area contributed by atoms with Gasteiger partial charge in [-0.15, -0.1) is 0 Å². The standard InChI is InChI=1S/C24H36FNO4/c1-24(2,3)30-23(28)26-19(14-16-8-11-20(29-4)12-9-16)10-13-21(26)22(27)17-6-5-7-18(25)15-17/h5-7,15-16,19-22,27H,8-14H2,1-4H3/t16?,19-,20?,21+,22+/m0/s1. The molecule has 3 rings (SSSR count). The first-order chi connectivity index (χ1) is 14.2. The number of rotatable bonds is 5. The zero-order chi connectivity index (χ0) is 21.9. The number of ether oxygens (including phenoxy) is 2. The Hall–Kier alpha value is -1.66. The second-order valence-corrected chi connectivity index (χ2v) is 9.80. The first kappa shape index (κ1) is 23.0. The van der Waals surface area contributed by atoms with Crippen LogP contribution in [0, 0.1) is 11.7 Å². The van der Waals surface area contributed by atoms with E-state index in [-0.39, 0.29) is 11.9 Å². The molecule has 1 N–H and O–H groups in total. The molecule has 5 nitrogen and oxygen atoms in total. The fraction of sp³-hybridized carbons (Fsp3) is 0.708. The predicted molar refractivity (Wildman–Crippen MR) is 114 cm³/mol. The number of amides is 1. The number of carbonyl (C=O) groups is 1. The van der Waals surface area contributed by atoms with Crippen molar-refractivity contribution in [3.8, 4) is 0 Å². The highest BCUT2D eigenvalue weighted by molar-refractivity contribution is 5.69. The normalized spacial score (nSPS) is 28.4. The van der Waals surface area contributed by atoms with Gasteiger partial charge in [-0.25, -0.2) is 9.18 Å². The first-order valence-corrected chi connectivity index (χ1v) is 11.2. The zero-order valence-electron chi connectivity index (χ0n) is 18.6. The van der Waals surface area contributed by atoms with Gasteiger partial charge in [0.25, 0.3) is 0 Å². The maximum atomic E-state index is 13.7. The second kappa shape index (κ2) is 9.65. The van der Waals surface area contributed by atoms with E-state index < -0.39 is 23.8 Å². The molecule has 1 amide bonds. The molecule has 0 bridgehead atoms. The lowest BCUT2D eigenvalue weighted by atomic mass is 9.83. The molecular formula is C24H36FNO4. The summed E-state index contributed by atoms with van der Waals surface area (Å²) in [6.07, 6.45) is 5.69. The minimum absolute atomic E-state index is 0.0251. The van der Waals surface area contributed by atoms with Crippen LogP contribution in [0.2, 0.25) is 0 Å². The zero-order valence-corrected chi connectivity index (χ0v) is 18.6. The average molecular weight is 422 g/mol. The minimum atomic E-state index is -0.942. The van der Waals surface area contributed by atoms with E-state index in [4.69, 9.17) is 9.47 Å². The Morgan fingerprint density at radius 1 is 1.20 bits per heavy atom. The molecule has 1 heterocycles. The third-order valence-electron chi connectivity index (χ3n) is 6.44. The summed E-state index contributed by atoms with van der Waals surface area (Å²) in [4.78, 5) is 14.9. The predicted octanol–water partition coefficient (Wildman–Crippen LogP) is 5.22. The number of carbonyl (C=O) groups excluding carboxylic acids is 1. The highest BCUT2D eigenvalue weighted by atomic mass is 19.1. The Labute approximate surface area is 179 Å². The lowest BCUT2D eigenvalue weighted by molar-refractivity contribution is -0.00898. The van der Waals surface area contributed by atoms with E-state index in [1.807, 2.05) is 20.8 Å². The highest BCUT2D eigenvalue weighted by Crippen LogP contribution is 2.39. The Kier molecular flexibility index (Phi) is 7.40. The summed E-state index contributed by atoms with van der Waals surface area (Å²) >= 11 is 0. The van der Waals surface area contributed by atoms with Crippen molar-refractivity contribution in [3.05, 3.63) is 35.6 Å². The Bertz CT molecular complexity index is 711. The van der Waals surface area contributed by atoms with Crippen molar-refractivity contribution in [2.75, 3.05) is 7.11 Å². The van der Waals surface area contributed by atoms with Crippen molar-refractivity contribution in [1.29, 1.82) is 0 Å². The Morgan fingerprint density at radius 2 is 1.90 bits per heavy atom. The van der Waals surface area contributed by atoms with Crippen LogP contribution in [0.15, 0.2) is 24.3 Å². The van der Waals surface area contributed by atoms with Crippen LogP contribution in [0.1, 0.15) is 77.4 Å². The number of methoxy groups -OCH3 is 1. The largest absolute Gasteiger partial charge is 0.444 e. The van der Waals surface area contributed by atoms with Gasteiger partial charge in [0.2, 0.25) is 0 Å².